The third kappa shape index (κ3) is 6.53. The first-order valence-corrected chi connectivity index (χ1v) is 10.2. The first kappa shape index (κ1) is 21.7. The monoisotopic (exact) mass is 370 g/mol. The Morgan fingerprint density at radius 1 is 0.893 bits per heavy atom. The molecule has 0 aliphatic carbocycles. The molecule has 0 nitrogen and oxygen atoms in total. The average Bonchev–Trinajstić information content (AvgIpc) is 2.65. The van der Waals surface area contributed by atoms with Crippen molar-refractivity contribution in [2.24, 2.45) is 0 Å². The van der Waals surface area contributed by atoms with Gasteiger partial charge in [-0.05, 0) is 81.7 Å². The van der Waals surface area contributed by atoms with Crippen LogP contribution in [0.2, 0.25) is 0 Å². The van der Waals surface area contributed by atoms with Gasteiger partial charge in [-0.3, -0.25) is 0 Å². The summed E-state index contributed by atoms with van der Waals surface area (Å²) in [5, 5.41) is 0. The molecule has 0 amide bonds. The van der Waals surface area contributed by atoms with Gasteiger partial charge in [-0.15, -0.1) is 0 Å². The third-order valence-electron chi connectivity index (χ3n) is 5.05. The lowest BCUT2D eigenvalue weighted by Crippen LogP contribution is -1.97. The van der Waals surface area contributed by atoms with Crippen molar-refractivity contribution in [3.05, 3.63) is 100 Å². The quantitative estimate of drug-likeness (QED) is 0.323. The first-order chi connectivity index (χ1) is 13.4. The maximum absolute atomic E-state index is 4.24. The van der Waals surface area contributed by atoms with Crippen LogP contribution >= 0.6 is 0 Å². The van der Waals surface area contributed by atoms with Crippen LogP contribution in [0.15, 0.2) is 72.3 Å². The fourth-order valence-electron chi connectivity index (χ4n) is 3.43. The van der Waals surface area contributed by atoms with Crippen molar-refractivity contribution < 1.29 is 0 Å². The summed E-state index contributed by atoms with van der Waals surface area (Å²) in [5.41, 5.74) is 10.4. The van der Waals surface area contributed by atoms with Gasteiger partial charge in [0, 0.05) is 0 Å². The van der Waals surface area contributed by atoms with Gasteiger partial charge < -0.3 is 0 Å². The molecular weight excluding hydrogens is 336 g/mol. The molecule has 0 aromatic heterocycles. The van der Waals surface area contributed by atoms with Gasteiger partial charge in [0.15, 0.2) is 0 Å². The van der Waals surface area contributed by atoms with Gasteiger partial charge in [0.05, 0.1) is 0 Å². The van der Waals surface area contributed by atoms with Crippen LogP contribution in [-0.4, -0.2) is 0 Å². The van der Waals surface area contributed by atoms with E-state index in [9.17, 15) is 0 Å². The minimum absolute atomic E-state index is 0.982. The highest BCUT2D eigenvalue weighted by Gasteiger charge is 2.09. The largest absolute Gasteiger partial charge is 0.0955 e. The molecule has 0 fully saturated rings. The van der Waals surface area contributed by atoms with Crippen LogP contribution in [0.4, 0.5) is 0 Å². The Labute approximate surface area is 172 Å². The molecule has 28 heavy (non-hydrogen) atoms. The molecule has 0 aliphatic heterocycles. The van der Waals surface area contributed by atoms with Gasteiger partial charge in [-0.1, -0.05) is 90.1 Å². The topological polar surface area (TPSA) is 0 Å². The van der Waals surface area contributed by atoms with E-state index in [1.54, 1.807) is 0 Å². The molecule has 2 aromatic carbocycles. The molecule has 0 saturated carbocycles. The maximum Gasteiger partial charge on any atom is -0.00920 e. The second-order valence-electron chi connectivity index (χ2n) is 7.91. The molecule has 0 saturated heterocycles. The molecule has 0 N–H and O–H groups in total. The fourth-order valence-corrected chi connectivity index (χ4v) is 3.43. The molecule has 0 heteroatoms. The molecule has 0 atom stereocenters. The zero-order valence-electron chi connectivity index (χ0n) is 18.2. The van der Waals surface area contributed by atoms with Crippen LogP contribution in [0, 0.1) is 6.92 Å². The van der Waals surface area contributed by atoms with Gasteiger partial charge >= 0.3 is 0 Å². The zero-order chi connectivity index (χ0) is 20.5. The van der Waals surface area contributed by atoms with Gasteiger partial charge in [0.2, 0.25) is 0 Å². The molecule has 146 valence electrons. The van der Waals surface area contributed by atoms with Crippen LogP contribution in [0.1, 0.15) is 68.4 Å². The van der Waals surface area contributed by atoms with Gasteiger partial charge in [0.25, 0.3) is 0 Å². The second kappa shape index (κ2) is 10.7. The Morgan fingerprint density at radius 3 is 2.25 bits per heavy atom. The van der Waals surface area contributed by atoms with Crippen molar-refractivity contribution in [1.29, 1.82) is 0 Å². The van der Waals surface area contributed by atoms with Crippen molar-refractivity contribution in [1.82, 2.24) is 0 Å². The van der Waals surface area contributed by atoms with Crippen LogP contribution in [0.25, 0.3) is 17.7 Å². The van der Waals surface area contributed by atoms with Crippen molar-refractivity contribution >= 4 is 17.7 Å². The molecule has 0 spiro atoms. The van der Waals surface area contributed by atoms with Crippen LogP contribution in [0.3, 0.4) is 0 Å². The first-order valence-electron chi connectivity index (χ1n) is 10.2. The fraction of sp³-hybridized carbons (Fsp3) is 0.286. The van der Waals surface area contributed by atoms with E-state index in [1.807, 2.05) is 6.07 Å². The Kier molecular flexibility index (Phi) is 8.26. The Bertz CT molecular complexity index is 885. The highest BCUT2D eigenvalue weighted by Crippen LogP contribution is 2.27. The number of benzene rings is 2. The Morgan fingerprint density at radius 2 is 1.61 bits per heavy atom. The predicted molar refractivity (Wildman–Crippen MR) is 127 cm³/mol. The molecule has 0 heterocycles. The number of hydrogen-bond donors (Lipinski definition) is 0. The lowest BCUT2D eigenvalue weighted by atomic mass is 9.90. The Hall–Kier alpha value is -2.60. The summed E-state index contributed by atoms with van der Waals surface area (Å²) in [5.74, 6) is 0. The summed E-state index contributed by atoms with van der Waals surface area (Å²) in [6.45, 7) is 15.1. The van der Waals surface area contributed by atoms with E-state index in [-0.39, 0.29) is 0 Å². The number of hydrogen-bond acceptors (Lipinski definition) is 0. The smallest absolute Gasteiger partial charge is 0.00920 e. The second-order valence-corrected chi connectivity index (χ2v) is 7.91. The van der Waals surface area contributed by atoms with Crippen molar-refractivity contribution in [3.63, 3.8) is 0 Å². The maximum atomic E-state index is 4.24. The molecular formula is C28H34. The Balaban J connectivity index is 2.22. The molecule has 2 aromatic rings. The number of allylic oxidation sites excluding steroid dienone is 5. The standard InChI is InChI=1S/C28H34/c1-21(2)11-10-12-23(5)15-17-26-19-20-27(28(22(3)4)24(26)6)18-16-25-13-8-7-9-14-25/h7-9,11,13-16,18-20H,3,10,12,17H2,1-2,4-6H3/b18-16+,23-15+. The molecule has 0 aliphatic rings. The van der Waals surface area contributed by atoms with Crippen molar-refractivity contribution in [2.75, 3.05) is 0 Å². The average molecular weight is 371 g/mol. The highest BCUT2D eigenvalue weighted by atomic mass is 14.1. The summed E-state index contributed by atoms with van der Waals surface area (Å²) in [6.07, 6.45) is 12.3. The van der Waals surface area contributed by atoms with Crippen LogP contribution in [-0.2, 0) is 6.42 Å². The summed E-state index contributed by atoms with van der Waals surface area (Å²) in [4.78, 5) is 0. The van der Waals surface area contributed by atoms with E-state index in [4.69, 9.17) is 0 Å². The highest BCUT2D eigenvalue weighted by molar-refractivity contribution is 5.80. The van der Waals surface area contributed by atoms with Gasteiger partial charge in [-0.2, -0.15) is 0 Å². The van der Waals surface area contributed by atoms with E-state index in [2.05, 4.69) is 102 Å². The lowest BCUT2D eigenvalue weighted by Gasteiger charge is -2.14. The van der Waals surface area contributed by atoms with Gasteiger partial charge in [0.1, 0.15) is 0 Å². The molecule has 0 bridgehead atoms. The minimum atomic E-state index is 0.982. The van der Waals surface area contributed by atoms with Crippen LogP contribution < -0.4 is 0 Å². The summed E-state index contributed by atoms with van der Waals surface area (Å²) >= 11 is 0. The molecule has 0 radical (unpaired) electrons. The SMILES string of the molecule is C=C(C)c1c(/C=C/c2ccccc2)ccc(C/C=C(\C)CCC=C(C)C)c1C. The van der Waals surface area contributed by atoms with E-state index < -0.39 is 0 Å². The van der Waals surface area contributed by atoms with Crippen molar-refractivity contribution in [2.45, 2.75) is 53.9 Å². The predicted octanol–water partition coefficient (Wildman–Crippen LogP) is 8.43. The summed E-state index contributed by atoms with van der Waals surface area (Å²) in [7, 11) is 0. The summed E-state index contributed by atoms with van der Waals surface area (Å²) < 4.78 is 0. The minimum Gasteiger partial charge on any atom is -0.0955 e. The van der Waals surface area contributed by atoms with E-state index >= 15 is 0 Å². The summed E-state index contributed by atoms with van der Waals surface area (Å²) in [6, 6.07) is 14.9. The van der Waals surface area contributed by atoms with Crippen molar-refractivity contribution in [3.8, 4) is 0 Å². The van der Waals surface area contributed by atoms with E-state index in [1.165, 1.54) is 39.0 Å². The zero-order valence-corrected chi connectivity index (χ0v) is 18.2. The number of rotatable bonds is 8. The van der Waals surface area contributed by atoms with E-state index in [0.29, 0.717) is 0 Å². The van der Waals surface area contributed by atoms with E-state index in [0.717, 1.165) is 24.8 Å². The van der Waals surface area contributed by atoms with Crippen LogP contribution in [0.5, 0.6) is 0 Å². The normalized spacial score (nSPS) is 11.7. The van der Waals surface area contributed by atoms with Gasteiger partial charge in [-0.25, -0.2) is 0 Å². The molecule has 0 unspecified atom stereocenters. The lowest BCUT2D eigenvalue weighted by molar-refractivity contribution is 0.954. The third-order valence-corrected chi connectivity index (χ3v) is 5.05. The molecule has 2 rings (SSSR count).